The van der Waals surface area contributed by atoms with Gasteiger partial charge in [0, 0.05) is 31.8 Å². The molecule has 0 unspecified atom stereocenters. The molecule has 3 aromatic rings. The summed E-state index contributed by atoms with van der Waals surface area (Å²) < 4.78 is 85.7. The number of amides is 3. The molecule has 9 nitrogen and oxygen atoms in total. The number of aryl methyl sites for hydroxylation is 1. The molecule has 0 aliphatic carbocycles. The first-order chi connectivity index (χ1) is 19.2. The van der Waals surface area contributed by atoms with E-state index in [1.165, 1.54) is 6.33 Å². The summed E-state index contributed by atoms with van der Waals surface area (Å²) >= 11 is 0. The number of nitrogens with zero attached hydrogens (tertiary/aromatic N) is 2. The molecule has 3 rings (SSSR count). The van der Waals surface area contributed by atoms with Gasteiger partial charge >= 0.3 is 24.4 Å². The minimum atomic E-state index is -5.12. The summed E-state index contributed by atoms with van der Waals surface area (Å²) in [4.78, 5) is 42.5. The zero-order valence-electron chi connectivity index (χ0n) is 21.6. The molecule has 2 atom stereocenters. The summed E-state index contributed by atoms with van der Waals surface area (Å²) in [5.74, 6) is -1.68. The van der Waals surface area contributed by atoms with Gasteiger partial charge in [0.2, 0.25) is 5.91 Å². The highest BCUT2D eigenvalue weighted by Gasteiger charge is 2.37. The number of aromatic nitrogens is 2. The van der Waals surface area contributed by atoms with Crippen LogP contribution in [0.3, 0.4) is 0 Å². The van der Waals surface area contributed by atoms with Gasteiger partial charge in [-0.1, -0.05) is 30.3 Å². The van der Waals surface area contributed by atoms with E-state index in [9.17, 15) is 40.7 Å². The molecule has 0 bridgehead atoms. The minimum absolute atomic E-state index is 0.0615. The van der Waals surface area contributed by atoms with E-state index in [1.54, 1.807) is 48.1 Å². The van der Waals surface area contributed by atoms with E-state index >= 15 is 0 Å². The van der Waals surface area contributed by atoms with Gasteiger partial charge in [-0.25, -0.2) is 14.6 Å². The third-order valence-corrected chi connectivity index (χ3v) is 5.72. The topological polar surface area (TPSA) is 114 Å². The second-order valence-corrected chi connectivity index (χ2v) is 8.95. The molecule has 2 aromatic carbocycles. The lowest BCUT2D eigenvalue weighted by atomic mass is 10.0. The first-order valence-corrected chi connectivity index (χ1v) is 11.9. The molecule has 41 heavy (non-hydrogen) atoms. The van der Waals surface area contributed by atoms with Crippen molar-refractivity contribution in [2.24, 2.45) is 7.05 Å². The Balaban J connectivity index is 1.84. The van der Waals surface area contributed by atoms with Crippen LogP contribution in [0, 0.1) is 0 Å². The Morgan fingerprint density at radius 1 is 0.902 bits per heavy atom. The first kappa shape index (κ1) is 31.0. The Hall–Kier alpha value is -4.56. The molecule has 0 spiro atoms. The van der Waals surface area contributed by atoms with E-state index in [0.29, 0.717) is 23.4 Å². The molecule has 3 amide bonds. The van der Waals surface area contributed by atoms with Crippen LogP contribution in [0.25, 0.3) is 0 Å². The van der Waals surface area contributed by atoms with Crippen molar-refractivity contribution < 1.29 is 45.5 Å². The number of urea groups is 1. The standard InChI is InChI=1S/C26H25F6N5O4/c1-37-13-19(33-14-37)12-21(23(39)41-2)35-22(38)20(8-15-6-4-3-5-7-15)36-24(40)34-18-10-16(25(27,28)29)9-17(11-18)26(30,31)32/h3-7,9-11,13-14,20-21H,8,12H2,1-2H3,(H,35,38)(H2,34,36,40)/t20-,21-/m0/s1. The quantitative estimate of drug-likeness (QED) is 0.259. The Bertz CT molecular complexity index is 1340. The molecule has 0 saturated heterocycles. The first-order valence-electron chi connectivity index (χ1n) is 11.9. The van der Waals surface area contributed by atoms with E-state index < -0.39 is 59.2 Å². The number of esters is 1. The van der Waals surface area contributed by atoms with Crippen LogP contribution >= 0.6 is 0 Å². The van der Waals surface area contributed by atoms with Crippen LogP contribution in [-0.4, -0.2) is 46.7 Å². The lowest BCUT2D eigenvalue weighted by Gasteiger charge is -2.22. The maximum absolute atomic E-state index is 13.2. The molecule has 0 fully saturated rings. The number of carbonyl (C=O) groups is 3. The molecule has 1 aromatic heterocycles. The summed E-state index contributed by atoms with van der Waals surface area (Å²) in [5.41, 5.74) is -3.05. The van der Waals surface area contributed by atoms with Crippen molar-refractivity contribution >= 4 is 23.6 Å². The maximum atomic E-state index is 13.2. The van der Waals surface area contributed by atoms with Crippen LogP contribution in [0.15, 0.2) is 61.1 Å². The lowest BCUT2D eigenvalue weighted by Crippen LogP contribution is -2.54. The van der Waals surface area contributed by atoms with Gasteiger partial charge in [0.05, 0.1) is 30.3 Å². The highest BCUT2D eigenvalue weighted by atomic mass is 19.4. The van der Waals surface area contributed by atoms with Crippen LogP contribution in [0.1, 0.15) is 22.4 Å². The van der Waals surface area contributed by atoms with Crippen LogP contribution in [0.2, 0.25) is 0 Å². The Morgan fingerprint density at radius 2 is 1.51 bits per heavy atom. The predicted octanol–water partition coefficient (Wildman–Crippen LogP) is 4.09. The van der Waals surface area contributed by atoms with Crippen molar-refractivity contribution in [2.75, 3.05) is 12.4 Å². The van der Waals surface area contributed by atoms with Crippen molar-refractivity contribution in [3.8, 4) is 0 Å². The fourth-order valence-corrected chi connectivity index (χ4v) is 3.80. The molecule has 3 N–H and O–H groups in total. The third kappa shape index (κ3) is 8.98. The molecular weight excluding hydrogens is 560 g/mol. The summed E-state index contributed by atoms with van der Waals surface area (Å²) in [6.07, 6.45) is -7.35. The monoisotopic (exact) mass is 585 g/mol. The van der Waals surface area contributed by atoms with Crippen LogP contribution in [0.4, 0.5) is 36.8 Å². The van der Waals surface area contributed by atoms with Crippen molar-refractivity contribution in [2.45, 2.75) is 37.3 Å². The van der Waals surface area contributed by atoms with Gasteiger partial charge in [0.25, 0.3) is 0 Å². The summed E-state index contributed by atoms with van der Waals surface area (Å²) in [5, 5.41) is 6.67. The van der Waals surface area contributed by atoms with E-state index in [2.05, 4.69) is 15.6 Å². The van der Waals surface area contributed by atoms with Crippen molar-refractivity contribution in [1.29, 1.82) is 0 Å². The lowest BCUT2D eigenvalue weighted by molar-refractivity contribution is -0.145. The largest absolute Gasteiger partial charge is 0.467 e. The van der Waals surface area contributed by atoms with E-state index in [-0.39, 0.29) is 18.9 Å². The number of methoxy groups -OCH3 is 1. The van der Waals surface area contributed by atoms with Gasteiger partial charge in [-0.3, -0.25) is 4.79 Å². The van der Waals surface area contributed by atoms with Gasteiger partial charge in [0.1, 0.15) is 12.1 Å². The molecule has 0 aliphatic heterocycles. The Morgan fingerprint density at radius 3 is 2.02 bits per heavy atom. The van der Waals surface area contributed by atoms with Gasteiger partial charge in [-0.15, -0.1) is 0 Å². The molecule has 0 saturated carbocycles. The Kier molecular flexibility index (Phi) is 9.63. The number of imidazole rings is 1. The van der Waals surface area contributed by atoms with E-state index in [4.69, 9.17) is 4.74 Å². The van der Waals surface area contributed by atoms with Crippen LogP contribution < -0.4 is 16.0 Å². The minimum Gasteiger partial charge on any atom is -0.467 e. The molecular formula is C26H25F6N5O4. The number of carbonyl (C=O) groups excluding carboxylic acids is 3. The fraction of sp³-hybridized carbons (Fsp3) is 0.308. The number of rotatable bonds is 9. The normalized spacial score (nSPS) is 13.2. The predicted molar refractivity (Wildman–Crippen MR) is 133 cm³/mol. The summed E-state index contributed by atoms with van der Waals surface area (Å²) in [7, 11) is 2.81. The van der Waals surface area contributed by atoms with Crippen LogP contribution in [0.5, 0.6) is 0 Å². The smallest absolute Gasteiger partial charge is 0.416 e. The van der Waals surface area contributed by atoms with Crippen molar-refractivity contribution in [3.05, 3.63) is 83.4 Å². The number of alkyl halides is 6. The maximum Gasteiger partial charge on any atom is 0.416 e. The number of hydrogen-bond acceptors (Lipinski definition) is 5. The highest BCUT2D eigenvalue weighted by Crippen LogP contribution is 2.37. The zero-order valence-corrected chi connectivity index (χ0v) is 21.6. The number of ether oxygens (including phenoxy) is 1. The summed E-state index contributed by atoms with van der Waals surface area (Å²) in [6, 6.07) is 4.99. The van der Waals surface area contributed by atoms with Gasteiger partial charge in [-0.2, -0.15) is 26.3 Å². The SMILES string of the molecule is COC(=O)[C@H](Cc1cn(C)cn1)NC(=O)[C@H](Cc1ccccc1)NC(=O)Nc1cc(C(F)(F)F)cc(C(F)(F)F)c1. The third-order valence-electron chi connectivity index (χ3n) is 5.72. The number of nitrogens with one attached hydrogen (secondary N) is 3. The van der Waals surface area contributed by atoms with Gasteiger partial charge < -0.3 is 25.3 Å². The number of benzene rings is 2. The second kappa shape index (κ2) is 12.7. The van der Waals surface area contributed by atoms with Crippen LogP contribution in [-0.2, 0) is 46.6 Å². The zero-order chi connectivity index (χ0) is 30.4. The molecule has 0 aliphatic rings. The van der Waals surface area contributed by atoms with E-state index in [1.807, 2.05) is 5.32 Å². The molecule has 1 heterocycles. The highest BCUT2D eigenvalue weighted by molar-refractivity contribution is 5.95. The Labute approximate surface area is 229 Å². The van der Waals surface area contributed by atoms with Crippen molar-refractivity contribution in [1.82, 2.24) is 20.2 Å². The average molecular weight is 586 g/mol. The number of anilines is 1. The molecule has 15 heteroatoms. The molecule has 0 radical (unpaired) electrons. The number of hydrogen-bond donors (Lipinski definition) is 3. The van der Waals surface area contributed by atoms with Gasteiger partial charge in [0.15, 0.2) is 0 Å². The fourth-order valence-electron chi connectivity index (χ4n) is 3.80. The van der Waals surface area contributed by atoms with Gasteiger partial charge in [-0.05, 0) is 23.8 Å². The van der Waals surface area contributed by atoms with Crippen molar-refractivity contribution in [3.63, 3.8) is 0 Å². The van der Waals surface area contributed by atoms with E-state index in [0.717, 1.165) is 7.11 Å². The summed E-state index contributed by atoms with van der Waals surface area (Å²) in [6.45, 7) is 0. The average Bonchev–Trinajstić information content (AvgIpc) is 3.31. The molecule has 220 valence electrons. The second-order valence-electron chi connectivity index (χ2n) is 8.95. The number of halogens is 6.